The molecule has 0 radical (unpaired) electrons. The first kappa shape index (κ1) is 20.8. The number of aromatic nitrogens is 2. The van der Waals surface area contributed by atoms with Gasteiger partial charge in [-0.3, -0.25) is 4.99 Å². The highest BCUT2D eigenvalue weighted by atomic mass is 16.3. The van der Waals surface area contributed by atoms with Crippen molar-refractivity contribution in [3.63, 3.8) is 0 Å². The number of phenols is 1. The average Bonchev–Trinajstić information content (AvgIpc) is 3.19. The van der Waals surface area contributed by atoms with Gasteiger partial charge in [0.2, 0.25) is 0 Å². The van der Waals surface area contributed by atoms with Crippen molar-refractivity contribution in [3.05, 3.63) is 77.9 Å². The van der Waals surface area contributed by atoms with Gasteiger partial charge in [0.15, 0.2) is 5.96 Å². The van der Waals surface area contributed by atoms with Crippen LogP contribution in [0.2, 0.25) is 0 Å². The number of para-hydroxylation sites is 2. The predicted octanol–water partition coefficient (Wildman–Crippen LogP) is 2.84. The van der Waals surface area contributed by atoms with Gasteiger partial charge in [-0.25, -0.2) is 4.98 Å². The van der Waals surface area contributed by atoms with Crippen LogP contribution in [0.15, 0.2) is 65.9 Å². The van der Waals surface area contributed by atoms with Crippen molar-refractivity contribution in [3.8, 4) is 5.75 Å². The Kier molecular flexibility index (Phi) is 6.40. The van der Waals surface area contributed by atoms with Gasteiger partial charge in [-0.05, 0) is 30.2 Å². The van der Waals surface area contributed by atoms with Crippen molar-refractivity contribution < 1.29 is 5.11 Å². The number of imidazole rings is 1. The number of aliphatic imine (C=N–C) groups is 1. The van der Waals surface area contributed by atoms with Crippen molar-refractivity contribution in [1.29, 1.82) is 0 Å². The maximum Gasteiger partial charge on any atom is 0.194 e. The van der Waals surface area contributed by atoms with E-state index in [1.54, 1.807) is 6.07 Å². The van der Waals surface area contributed by atoms with Gasteiger partial charge in [0, 0.05) is 58.7 Å². The zero-order valence-corrected chi connectivity index (χ0v) is 18.2. The highest BCUT2D eigenvalue weighted by Gasteiger charge is 2.21. The molecule has 1 fully saturated rings. The molecule has 0 spiro atoms. The number of aromatic hydroxyl groups is 1. The number of hydrogen-bond acceptors (Lipinski definition) is 4. The van der Waals surface area contributed by atoms with Crippen LogP contribution in [-0.2, 0) is 13.1 Å². The molecule has 162 valence electrons. The standard InChI is InChI=1S/C24H30N6O/c1-19-26-10-11-30(19)18-21-7-5-6-20(16-21)17-27-24(25-2)29-14-12-28(13-15-29)22-8-3-4-9-23(22)31/h3-11,16,31H,12-15,17-18H2,1-2H3,(H,25,27). The van der Waals surface area contributed by atoms with Crippen LogP contribution in [-0.4, -0.2) is 58.7 Å². The van der Waals surface area contributed by atoms with Gasteiger partial charge in [-0.1, -0.05) is 36.4 Å². The van der Waals surface area contributed by atoms with E-state index < -0.39 is 0 Å². The second-order valence-corrected chi connectivity index (χ2v) is 7.79. The topological polar surface area (TPSA) is 68.9 Å². The van der Waals surface area contributed by atoms with Gasteiger partial charge in [0.05, 0.1) is 5.69 Å². The Bertz CT molecular complexity index is 1040. The van der Waals surface area contributed by atoms with Gasteiger partial charge in [-0.15, -0.1) is 0 Å². The average molecular weight is 419 g/mol. The molecule has 2 heterocycles. The van der Waals surface area contributed by atoms with Crippen molar-refractivity contribution in [2.45, 2.75) is 20.0 Å². The molecule has 0 amide bonds. The number of nitrogens with one attached hydrogen (secondary N) is 1. The molecule has 0 aliphatic carbocycles. The van der Waals surface area contributed by atoms with E-state index in [0.29, 0.717) is 5.75 Å². The van der Waals surface area contributed by atoms with Gasteiger partial charge < -0.3 is 24.8 Å². The maximum absolute atomic E-state index is 10.1. The van der Waals surface area contributed by atoms with E-state index in [4.69, 9.17) is 0 Å². The quantitative estimate of drug-likeness (QED) is 0.493. The van der Waals surface area contributed by atoms with Crippen molar-refractivity contribution in [2.75, 3.05) is 38.1 Å². The molecular weight excluding hydrogens is 388 g/mol. The van der Waals surface area contributed by atoms with Crippen LogP contribution in [0.4, 0.5) is 5.69 Å². The molecule has 0 saturated carbocycles. The Morgan fingerprint density at radius 2 is 1.84 bits per heavy atom. The summed E-state index contributed by atoms with van der Waals surface area (Å²) in [7, 11) is 1.83. The first-order valence-corrected chi connectivity index (χ1v) is 10.7. The van der Waals surface area contributed by atoms with Gasteiger partial charge in [0.25, 0.3) is 0 Å². The van der Waals surface area contributed by atoms with Crippen LogP contribution in [0.3, 0.4) is 0 Å². The lowest BCUT2D eigenvalue weighted by molar-refractivity contribution is 0.369. The largest absolute Gasteiger partial charge is 0.506 e. The number of piperazine rings is 1. The summed E-state index contributed by atoms with van der Waals surface area (Å²) in [5.41, 5.74) is 3.38. The molecule has 1 aromatic heterocycles. The summed E-state index contributed by atoms with van der Waals surface area (Å²) < 4.78 is 2.15. The lowest BCUT2D eigenvalue weighted by atomic mass is 10.1. The summed E-state index contributed by atoms with van der Waals surface area (Å²) >= 11 is 0. The number of guanidine groups is 1. The third-order valence-corrected chi connectivity index (χ3v) is 5.73. The Hall–Kier alpha value is -3.48. The summed E-state index contributed by atoms with van der Waals surface area (Å²) in [6, 6.07) is 16.1. The summed E-state index contributed by atoms with van der Waals surface area (Å²) in [6.45, 7) is 6.97. The Labute approximate surface area is 183 Å². The summed E-state index contributed by atoms with van der Waals surface area (Å²) in [4.78, 5) is 13.3. The number of benzene rings is 2. The fourth-order valence-electron chi connectivity index (χ4n) is 4.01. The monoisotopic (exact) mass is 418 g/mol. The molecule has 2 N–H and O–H groups in total. The number of phenolic OH excluding ortho intramolecular Hbond substituents is 1. The summed E-state index contributed by atoms with van der Waals surface area (Å²) in [6.07, 6.45) is 3.85. The number of nitrogens with zero attached hydrogens (tertiary/aromatic N) is 5. The van der Waals surface area contributed by atoms with E-state index in [9.17, 15) is 5.11 Å². The van der Waals surface area contributed by atoms with Gasteiger partial charge in [-0.2, -0.15) is 0 Å². The van der Waals surface area contributed by atoms with E-state index in [1.807, 2.05) is 44.6 Å². The second-order valence-electron chi connectivity index (χ2n) is 7.79. The fourth-order valence-corrected chi connectivity index (χ4v) is 4.01. The lowest BCUT2D eigenvalue weighted by Crippen LogP contribution is -2.52. The van der Waals surface area contributed by atoms with Crippen molar-refractivity contribution >= 4 is 11.6 Å². The zero-order valence-electron chi connectivity index (χ0n) is 18.2. The van der Waals surface area contributed by atoms with E-state index in [0.717, 1.165) is 56.7 Å². The fraction of sp³-hybridized carbons (Fsp3) is 0.333. The van der Waals surface area contributed by atoms with Gasteiger partial charge >= 0.3 is 0 Å². The third-order valence-electron chi connectivity index (χ3n) is 5.73. The van der Waals surface area contributed by atoms with E-state index in [1.165, 1.54) is 11.1 Å². The molecule has 1 aliphatic rings. The molecule has 7 heteroatoms. The Morgan fingerprint density at radius 1 is 1.06 bits per heavy atom. The number of rotatable bonds is 5. The third kappa shape index (κ3) is 4.99. The first-order chi connectivity index (χ1) is 15.1. The molecule has 0 atom stereocenters. The molecule has 2 aromatic carbocycles. The van der Waals surface area contributed by atoms with Crippen molar-refractivity contribution in [1.82, 2.24) is 19.8 Å². The maximum atomic E-state index is 10.1. The van der Waals surface area contributed by atoms with Crippen molar-refractivity contribution in [2.24, 2.45) is 4.99 Å². The number of hydrogen-bond donors (Lipinski definition) is 2. The number of aryl methyl sites for hydroxylation is 1. The highest BCUT2D eigenvalue weighted by molar-refractivity contribution is 5.80. The normalized spacial score (nSPS) is 14.7. The second kappa shape index (κ2) is 9.55. The molecule has 0 unspecified atom stereocenters. The minimum atomic E-state index is 0.337. The van der Waals surface area contributed by atoms with E-state index in [2.05, 4.69) is 53.9 Å². The molecule has 1 saturated heterocycles. The van der Waals surface area contributed by atoms with Crippen LogP contribution >= 0.6 is 0 Å². The molecule has 4 rings (SSSR count). The zero-order chi connectivity index (χ0) is 21.6. The first-order valence-electron chi connectivity index (χ1n) is 10.7. The van der Waals surface area contributed by atoms with Crippen LogP contribution < -0.4 is 10.2 Å². The minimum absolute atomic E-state index is 0.337. The smallest absolute Gasteiger partial charge is 0.194 e. The molecule has 1 aliphatic heterocycles. The highest BCUT2D eigenvalue weighted by Crippen LogP contribution is 2.27. The van der Waals surface area contributed by atoms with E-state index in [-0.39, 0.29) is 0 Å². The lowest BCUT2D eigenvalue weighted by Gasteiger charge is -2.37. The van der Waals surface area contributed by atoms with Crippen LogP contribution in [0.1, 0.15) is 17.0 Å². The summed E-state index contributed by atoms with van der Waals surface area (Å²) in [5.74, 6) is 2.27. The molecule has 3 aromatic rings. The van der Waals surface area contributed by atoms with Crippen LogP contribution in [0, 0.1) is 6.92 Å². The van der Waals surface area contributed by atoms with Crippen LogP contribution in [0.5, 0.6) is 5.75 Å². The van der Waals surface area contributed by atoms with Gasteiger partial charge in [0.1, 0.15) is 11.6 Å². The molecule has 31 heavy (non-hydrogen) atoms. The predicted molar refractivity (Wildman–Crippen MR) is 125 cm³/mol. The SMILES string of the molecule is CN=C(NCc1cccc(Cn2ccnc2C)c1)N1CCN(c2ccccc2O)CC1. The molecule has 0 bridgehead atoms. The van der Waals surface area contributed by atoms with Crippen LogP contribution in [0.25, 0.3) is 0 Å². The molecule has 7 nitrogen and oxygen atoms in total. The minimum Gasteiger partial charge on any atom is -0.506 e. The Balaban J connectivity index is 1.33. The molecular formula is C24H30N6O. The summed E-state index contributed by atoms with van der Waals surface area (Å²) in [5, 5.41) is 13.6. The van der Waals surface area contributed by atoms with E-state index >= 15 is 0 Å². The Morgan fingerprint density at radius 3 is 2.55 bits per heavy atom. The number of anilines is 1.